The Labute approximate surface area is 208 Å². The van der Waals surface area contributed by atoms with E-state index in [1.165, 1.54) is 42.3 Å². The van der Waals surface area contributed by atoms with E-state index in [4.69, 9.17) is 16.3 Å². The van der Waals surface area contributed by atoms with Crippen LogP contribution in [-0.4, -0.2) is 64.8 Å². The minimum atomic E-state index is -0.895. The van der Waals surface area contributed by atoms with E-state index in [-0.39, 0.29) is 34.2 Å². The predicted octanol–water partition coefficient (Wildman–Crippen LogP) is 4.41. The molecule has 2 aromatic carbocycles. The Hall–Kier alpha value is -3.43. The fourth-order valence-electron chi connectivity index (χ4n) is 4.21. The van der Waals surface area contributed by atoms with E-state index in [1.807, 2.05) is 13.8 Å². The summed E-state index contributed by atoms with van der Waals surface area (Å²) in [7, 11) is 1.46. The molecule has 1 amide bonds. The number of Topliss-reactive ketones (excluding diaryl/α,β-unsaturated/α-hetero) is 1. The number of ketones is 1. The van der Waals surface area contributed by atoms with Crippen molar-refractivity contribution >= 4 is 34.7 Å². The van der Waals surface area contributed by atoms with Crippen LogP contribution in [-0.2, 0) is 9.59 Å². The van der Waals surface area contributed by atoms with Gasteiger partial charge >= 0.3 is 0 Å². The Bertz CT molecular complexity index is 1140. The maximum Gasteiger partial charge on any atom is 0.295 e. The fourth-order valence-corrected chi connectivity index (χ4v) is 4.47. The van der Waals surface area contributed by atoms with Gasteiger partial charge in [0.25, 0.3) is 17.4 Å². The average Bonchev–Trinajstić information content (AvgIpc) is 3.11. The van der Waals surface area contributed by atoms with Crippen LogP contribution in [0.5, 0.6) is 5.75 Å². The third kappa shape index (κ3) is 5.47. The highest BCUT2D eigenvalue weighted by atomic mass is 35.5. The van der Waals surface area contributed by atoms with Crippen LogP contribution in [0.1, 0.15) is 37.4 Å². The number of ether oxygens (including phenoxy) is 1. The van der Waals surface area contributed by atoms with Crippen LogP contribution in [0.3, 0.4) is 0 Å². The van der Waals surface area contributed by atoms with Crippen LogP contribution in [0.25, 0.3) is 5.76 Å². The number of rotatable bonds is 10. The van der Waals surface area contributed by atoms with Gasteiger partial charge in [-0.1, -0.05) is 25.4 Å². The maximum absolute atomic E-state index is 13.1. The molecule has 0 bridgehead atoms. The number of amides is 1. The number of non-ortho nitro benzene ring substituents is 1. The standard InChI is InChI=1S/C25H28ClN3O6/c1-4-27(5-2)13-6-14-28-22(16-7-10-18(11-8-16)29(33)34)21(24(31)25(28)32)23(30)17-9-12-20(35-3)19(26)15-17/h7-12,15,22,30H,4-6,13-14H2,1-3H3/t22-/m1/s1. The molecule has 1 heterocycles. The first kappa shape index (κ1) is 26.2. The van der Waals surface area contributed by atoms with Crippen molar-refractivity contribution in [3.63, 3.8) is 0 Å². The lowest BCUT2D eigenvalue weighted by molar-refractivity contribution is -0.384. The molecule has 2 aromatic rings. The lowest BCUT2D eigenvalue weighted by Crippen LogP contribution is -2.33. The van der Waals surface area contributed by atoms with Crippen molar-refractivity contribution in [1.29, 1.82) is 0 Å². The predicted molar refractivity (Wildman–Crippen MR) is 133 cm³/mol. The van der Waals surface area contributed by atoms with Gasteiger partial charge in [0.1, 0.15) is 11.5 Å². The summed E-state index contributed by atoms with van der Waals surface area (Å²) in [5, 5.41) is 22.5. The summed E-state index contributed by atoms with van der Waals surface area (Å²) in [6.07, 6.45) is 0.618. The number of hydrogen-bond donors (Lipinski definition) is 1. The van der Waals surface area contributed by atoms with E-state index in [0.29, 0.717) is 17.7 Å². The number of carbonyl (C=O) groups is 2. The van der Waals surface area contributed by atoms with Gasteiger partial charge in [-0.05, 0) is 62.0 Å². The van der Waals surface area contributed by atoms with Gasteiger partial charge in [-0.25, -0.2) is 0 Å². The van der Waals surface area contributed by atoms with Crippen molar-refractivity contribution in [3.05, 3.63) is 74.3 Å². The number of hydrogen-bond acceptors (Lipinski definition) is 7. The number of nitro benzene ring substituents is 1. The van der Waals surface area contributed by atoms with Crippen LogP contribution in [0.15, 0.2) is 48.0 Å². The van der Waals surface area contributed by atoms with Crippen molar-refractivity contribution in [3.8, 4) is 5.75 Å². The van der Waals surface area contributed by atoms with E-state index >= 15 is 0 Å². The molecular formula is C25H28ClN3O6. The molecule has 0 spiro atoms. The normalized spacial score (nSPS) is 17.3. The summed E-state index contributed by atoms with van der Waals surface area (Å²) in [6.45, 7) is 6.83. The van der Waals surface area contributed by atoms with Crippen molar-refractivity contribution in [2.45, 2.75) is 26.3 Å². The maximum atomic E-state index is 13.1. The number of nitro groups is 1. The lowest BCUT2D eigenvalue weighted by Gasteiger charge is -2.26. The zero-order valence-corrected chi connectivity index (χ0v) is 20.6. The molecule has 1 fully saturated rings. The third-order valence-electron chi connectivity index (χ3n) is 6.15. The van der Waals surface area contributed by atoms with Gasteiger partial charge in [-0.2, -0.15) is 0 Å². The van der Waals surface area contributed by atoms with Crippen molar-refractivity contribution in [2.75, 3.05) is 33.3 Å². The van der Waals surface area contributed by atoms with Crippen LogP contribution in [0, 0.1) is 10.1 Å². The van der Waals surface area contributed by atoms with Gasteiger partial charge < -0.3 is 19.6 Å². The monoisotopic (exact) mass is 501 g/mol. The van der Waals surface area contributed by atoms with Gasteiger partial charge in [0, 0.05) is 24.2 Å². The Balaban J connectivity index is 2.07. The fraction of sp³-hybridized carbons (Fsp3) is 0.360. The first-order chi connectivity index (χ1) is 16.7. The summed E-state index contributed by atoms with van der Waals surface area (Å²) in [5.41, 5.74) is 0.532. The number of aliphatic hydroxyl groups excluding tert-OH is 1. The van der Waals surface area contributed by atoms with Gasteiger partial charge in [0.05, 0.1) is 28.7 Å². The third-order valence-corrected chi connectivity index (χ3v) is 6.45. The number of methoxy groups -OCH3 is 1. The minimum Gasteiger partial charge on any atom is -0.507 e. The lowest BCUT2D eigenvalue weighted by atomic mass is 9.95. The number of nitrogens with zero attached hydrogens (tertiary/aromatic N) is 3. The van der Waals surface area contributed by atoms with Crippen LogP contribution in [0.2, 0.25) is 5.02 Å². The largest absolute Gasteiger partial charge is 0.507 e. The molecule has 1 saturated heterocycles. The number of carbonyl (C=O) groups excluding carboxylic acids is 2. The summed E-state index contributed by atoms with van der Waals surface area (Å²) < 4.78 is 5.15. The van der Waals surface area contributed by atoms with E-state index in [2.05, 4.69) is 4.90 Å². The van der Waals surface area contributed by atoms with Gasteiger partial charge in [-0.15, -0.1) is 0 Å². The number of aliphatic hydroxyl groups is 1. The molecule has 0 radical (unpaired) electrons. The van der Waals surface area contributed by atoms with Crippen LogP contribution >= 0.6 is 11.6 Å². The summed E-state index contributed by atoms with van der Waals surface area (Å²) >= 11 is 6.21. The summed E-state index contributed by atoms with van der Waals surface area (Å²) in [6, 6.07) is 9.29. The SMILES string of the molecule is CCN(CC)CCCN1C(=O)C(=O)C(=C(O)c2ccc(OC)c(Cl)c2)[C@H]1c1ccc([N+](=O)[O-])cc1. The van der Waals surface area contributed by atoms with E-state index in [0.717, 1.165) is 19.6 Å². The van der Waals surface area contributed by atoms with Gasteiger partial charge in [0.15, 0.2) is 0 Å². The van der Waals surface area contributed by atoms with E-state index in [9.17, 15) is 24.8 Å². The molecule has 9 nitrogen and oxygen atoms in total. The molecule has 186 valence electrons. The highest BCUT2D eigenvalue weighted by Crippen LogP contribution is 2.40. The van der Waals surface area contributed by atoms with Crippen LogP contribution in [0.4, 0.5) is 5.69 Å². The quantitative estimate of drug-likeness (QED) is 0.169. The average molecular weight is 502 g/mol. The topological polar surface area (TPSA) is 113 Å². The van der Waals surface area contributed by atoms with Crippen molar-refractivity contribution in [1.82, 2.24) is 9.80 Å². The number of halogens is 1. The molecule has 3 rings (SSSR count). The van der Waals surface area contributed by atoms with Crippen LogP contribution < -0.4 is 4.74 Å². The molecule has 0 aromatic heterocycles. The molecule has 0 saturated carbocycles. The minimum absolute atomic E-state index is 0.0899. The summed E-state index contributed by atoms with van der Waals surface area (Å²) in [4.78, 5) is 40.4. The second kappa shape index (κ2) is 11.3. The van der Waals surface area contributed by atoms with Gasteiger partial charge in [0.2, 0.25) is 0 Å². The second-order valence-corrected chi connectivity index (χ2v) is 8.48. The second-order valence-electron chi connectivity index (χ2n) is 8.07. The highest BCUT2D eigenvalue weighted by molar-refractivity contribution is 6.46. The Morgan fingerprint density at radius 1 is 1.17 bits per heavy atom. The smallest absolute Gasteiger partial charge is 0.295 e. The molecule has 1 atom stereocenters. The zero-order valence-electron chi connectivity index (χ0n) is 19.9. The van der Waals surface area contributed by atoms with E-state index < -0.39 is 22.7 Å². The molecule has 10 heteroatoms. The first-order valence-electron chi connectivity index (χ1n) is 11.3. The van der Waals surface area contributed by atoms with Crippen molar-refractivity contribution in [2.24, 2.45) is 0 Å². The summed E-state index contributed by atoms with van der Waals surface area (Å²) in [5.74, 6) is -1.52. The molecule has 0 unspecified atom stereocenters. The molecule has 35 heavy (non-hydrogen) atoms. The van der Waals surface area contributed by atoms with Crippen molar-refractivity contribution < 1.29 is 24.4 Å². The van der Waals surface area contributed by atoms with E-state index in [1.54, 1.807) is 12.1 Å². The Kier molecular flexibility index (Phi) is 8.48. The molecule has 1 aliphatic heterocycles. The zero-order chi connectivity index (χ0) is 25.7. The Morgan fingerprint density at radius 2 is 1.83 bits per heavy atom. The molecule has 1 aliphatic rings. The molecule has 1 N–H and O–H groups in total. The highest BCUT2D eigenvalue weighted by Gasteiger charge is 2.46. The molecule has 0 aliphatic carbocycles. The Morgan fingerprint density at radius 3 is 2.37 bits per heavy atom. The first-order valence-corrected chi connectivity index (χ1v) is 11.7. The molecular weight excluding hydrogens is 474 g/mol. The number of benzene rings is 2. The van der Waals surface area contributed by atoms with Gasteiger partial charge in [-0.3, -0.25) is 19.7 Å². The number of likely N-dealkylation sites (tertiary alicyclic amines) is 1.